The Labute approximate surface area is 298 Å². The van der Waals surface area contributed by atoms with Gasteiger partial charge in [-0.05, 0) is 85.1 Å². The quantitative estimate of drug-likeness (QED) is 0.158. The van der Waals surface area contributed by atoms with Gasteiger partial charge < -0.3 is 23.1 Å². The Bertz CT molecular complexity index is 1340. The predicted molar refractivity (Wildman–Crippen MR) is 202 cm³/mol. The van der Waals surface area contributed by atoms with Crippen LogP contribution in [0.3, 0.4) is 0 Å². The Hall–Kier alpha value is -2.21. The van der Waals surface area contributed by atoms with Gasteiger partial charge in [0.1, 0.15) is 18.0 Å². The van der Waals surface area contributed by atoms with Crippen LogP contribution in [0.25, 0.3) is 0 Å². The molecule has 1 fully saturated rings. The first kappa shape index (κ1) is 39.6. The summed E-state index contributed by atoms with van der Waals surface area (Å²) in [5.74, 6) is 0.629. The van der Waals surface area contributed by atoms with E-state index in [9.17, 15) is 9.59 Å². The molecule has 0 amide bonds. The predicted octanol–water partition coefficient (Wildman–Crippen LogP) is 9.79. The minimum Gasteiger partial charge on any atom is -0.479 e. The van der Waals surface area contributed by atoms with Crippen molar-refractivity contribution in [3.05, 3.63) is 54.1 Å². The van der Waals surface area contributed by atoms with Crippen LogP contribution in [0, 0.1) is 17.8 Å². The van der Waals surface area contributed by atoms with E-state index in [4.69, 9.17) is 23.1 Å². The second-order valence-electron chi connectivity index (χ2n) is 17.7. The van der Waals surface area contributed by atoms with Crippen molar-refractivity contribution in [1.82, 2.24) is 0 Å². The summed E-state index contributed by atoms with van der Waals surface area (Å²) >= 11 is 0. The first-order chi connectivity index (χ1) is 22.7. The summed E-state index contributed by atoms with van der Waals surface area (Å²) in [6, 6.07) is 9.46. The molecule has 4 rings (SSSR count). The number of cyclic esters (lactones) is 1. The van der Waals surface area contributed by atoms with E-state index in [1.807, 2.05) is 37.3 Å². The molecular weight excluding hydrogens is 649 g/mol. The molecule has 274 valence electrons. The van der Waals surface area contributed by atoms with E-state index in [0.717, 1.165) is 19.3 Å². The fourth-order valence-electron chi connectivity index (χ4n) is 6.88. The lowest BCUT2D eigenvalue weighted by molar-refractivity contribution is -0.164. The molecule has 0 spiro atoms. The fourth-order valence-corrected chi connectivity index (χ4v) is 9.52. The number of ether oxygens (including phenoxy) is 3. The third kappa shape index (κ3) is 9.98. The molecule has 3 aliphatic rings. The smallest absolute Gasteiger partial charge is 0.347 e. The largest absolute Gasteiger partial charge is 0.479 e. The maximum Gasteiger partial charge on any atom is 0.347 e. The zero-order valence-corrected chi connectivity index (χ0v) is 34.3. The zero-order valence-electron chi connectivity index (χ0n) is 32.3. The van der Waals surface area contributed by atoms with Crippen molar-refractivity contribution < 1.29 is 32.7 Å². The normalized spacial score (nSPS) is 28.6. The summed E-state index contributed by atoms with van der Waals surface area (Å²) < 4.78 is 32.2. The van der Waals surface area contributed by atoms with Crippen LogP contribution < -0.4 is 4.74 Å². The molecule has 49 heavy (non-hydrogen) atoms. The van der Waals surface area contributed by atoms with Gasteiger partial charge >= 0.3 is 11.9 Å². The first-order valence-electron chi connectivity index (χ1n) is 18.6. The molecule has 0 bridgehead atoms. The first-order valence-corrected chi connectivity index (χ1v) is 24.4. The molecule has 1 aliphatic heterocycles. The maximum absolute atomic E-state index is 13.8. The van der Waals surface area contributed by atoms with E-state index in [1.54, 1.807) is 0 Å². The molecule has 9 heteroatoms. The highest BCUT2D eigenvalue weighted by molar-refractivity contribution is 6.74. The monoisotopic (exact) mass is 712 g/mol. The zero-order chi connectivity index (χ0) is 36.4. The van der Waals surface area contributed by atoms with Crippen molar-refractivity contribution >= 4 is 28.6 Å². The second kappa shape index (κ2) is 15.6. The van der Waals surface area contributed by atoms with Gasteiger partial charge in [0.05, 0.1) is 18.6 Å². The summed E-state index contributed by atoms with van der Waals surface area (Å²) in [7, 11) is -4.13. The van der Waals surface area contributed by atoms with Gasteiger partial charge in [-0.1, -0.05) is 91.8 Å². The van der Waals surface area contributed by atoms with Crippen molar-refractivity contribution in [1.29, 1.82) is 0 Å². The molecule has 0 N–H and O–H groups in total. The van der Waals surface area contributed by atoms with E-state index >= 15 is 0 Å². The number of para-hydroxylation sites is 1. The van der Waals surface area contributed by atoms with Gasteiger partial charge in [0.2, 0.25) is 0 Å². The van der Waals surface area contributed by atoms with Crippen molar-refractivity contribution in [2.75, 3.05) is 0 Å². The molecule has 1 unspecified atom stereocenters. The maximum atomic E-state index is 13.8. The number of hydrogen-bond donors (Lipinski definition) is 0. The molecule has 1 saturated heterocycles. The number of fused-ring (bicyclic) bond motifs is 1. The van der Waals surface area contributed by atoms with Crippen molar-refractivity contribution in [2.45, 2.75) is 161 Å². The molecule has 0 saturated carbocycles. The molecule has 1 heterocycles. The summed E-state index contributed by atoms with van der Waals surface area (Å²) in [5, 5.41) is 0.118. The van der Waals surface area contributed by atoms with E-state index in [2.05, 4.69) is 92.9 Å². The van der Waals surface area contributed by atoms with Crippen LogP contribution in [0.1, 0.15) is 93.9 Å². The Morgan fingerprint density at radius 3 is 2.18 bits per heavy atom. The molecule has 1 aromatic rings. The lowest BCUT2D eigenvalue weighted by Crippen LogP contribution is -2.49. The van der Waals surface area contributed by atoms with E-state index in [1.165, 1.54) is 5.57 Å². The van der Waals surface area contributed by atoms with Gasteiger partial charge in [-0.25, -0.2) is 4.79 Å². The second-order valence-corrected chi connectivity index (χ2v) is 27.2. The Morgan fingerprint density at radius 2 is 1.57 bits per heavy atom. The minimum absolute atomic E-state index is 0.0102. The lowest BCUT2D eigenvalue weighted by atomic mass is 9.66. The van der Waals surface area contributed by atoms with Gasteiger partial charge in [0.25, 0.3) is 0 Å². The minimum atomic E-state index is -2.10. The molecule has 0 aromatic heterocycles. The molecule has 1 aromatic carbocycles. The van der Waals surface area contributed by atoms with Crippen molar-refractivity contribution in [3.63, 3.8) is 0 Å². The van der Waals surface area contributed by atoms with Crippen LogP contribution in [0.15, 0.2) is 54.1 Å². The van der Waals surface area contributed by atoms with Gasteiger partial charge in [0, 0.05) is 18.8 Å². The van der Waals surface area contributed by atoms with Gasteiger partial charge in [-0.2, -0.15) is 0 Å². The molecule has 2 aliphatic carbocycles. The van der Waals surface area contributed by atoms with E-state index < -0.39 is 22.7 Å². The Morgan fingerprint density at radius 1 is 0.939 bits per heavy atom. The van der Waals surface area contributed by atoms with Crippen LogP contribution >= 0.6 is 0 Å². The number of benzene rings is 1. The number of carbonyl (C=O) groups excluding carboxylic acids is 2. The van der Waals surface area contributed by atoms with Gasteiger partial charge in [0.15, 0.2) is 22.7 Å². The van der Waals surface area contributed by atoms with E-state index in [0.29, 0.717) is 25.0 Å². The van der Waals surface area contributed by atoms with Crippen LogP contribution in [0.2, 0.25) is 36.3 Å². The molecule has 0 radical (unpaired) electrons. The highest BCUT2D eigenvalue weighted by Gasteiger charge is 2.47. The van der Waals surface area contributed by atoms with E-state index in [-0.39, 0.29) is 64.2 Å². The Kier molecular flexibility index (Phi) is 12.6. The number of allylic oxidation sites excluding steroid dienone is 2. The van der Waals surface area contributed by atoms with Crippen molar-refractivity contribution in [3.8, 4) is 5.75 Å². The molecular formula is C40H64O7Si2. The number of carbonyl (C=O) groups is 2. The number of hydrogen-bond acceptors (Lipinski definition) is 7. The summed E-state index contributed by atoms with van der Waals surface area (Å²) in [5.41, 5.74) is 1.17. The van der Waals surface area contributed by atoms with Crippen molar-refractivity contribution in [2.24, 2.45) is 17.8 Å². The van der Waals surface area contributed by atoms with Crippen LogP contribution in [-0.4, -0.2) is 59.1 Å². The Balaban J connectivity index is 1.56. The standard InChI is InChI=1S/C40H64O7Si2/c1-13-34(43-29-17-15-14-16-18-29)38(42)45-35-25-31(46-48(9,10)39(3,4)5)23-28-20-19-27(2)33(37(28)35)22-21-30-24-32(26-36(41)44-30)47-49(11,12)40(6,7)8/h14-20,23,27,30-35,37H,13,21-22,24-26H2,1-12H3/t27-,30+,31+,32+,33-,34?,35-,37-/m0/s1. The average Bonchev–Trinajstić information content (AvgIpc) is 2.98. The SMILES string of the molecule is CCC(Oc1ccccc1)C(=O)O[C@H]1C[C@H](O[Si](C)(C)C(C)(C)C)C=C2C=C[C@H](C)[C@H](CC[C@@H]3C[C@@H](O[Si](C)(C)C(C)(C)C)CC(=O)O3)[C@H]21. The molecule has 8 atom stereocenters. The summed E-state index contributed by atoms with van der Waals surface area (Å²) in [6.45, 7) is 26.7. The highest BCUT2D eigenvalue weighted by atomic mass is 28.4. The summed E-state index contributed by atoms with van der Waals surface area (Å²) in [4.78, 5) is 26.6. The molecule has 7 nitrogen and oxygen atoms in total. The third-order valence-corrected chi connectivity index (χ3v) is 20.9. The average molecular weight is 713 g/mol. The topological polar surface area (TPSA) is 80.3 Å². The van der Waals surface area contributed by atoms with Crippen LogP contribution in [-0.2, 0) is 27.9 Å². The number of esters is 2. The van der Waals surface area contributed by atoms with Crippen LogP contribution in [0.5, 0.6) is 5.75 Å². The highest BCUT2D eigenvalue weighted by Crippen LogP contribution is 2.47. The van der Waals surface area contributed by atoms with Gasteiger partial charge in [-0.3, -0.25) is 4.79 Å². The van der Waals surface area contributed by atoms with Gasteiger partial charge in [-0.15, -0.1) is 0 Å². The summed E-state index contributed by atoms with van der Waals surface area (Å²) in [6.07, 6.45) is 9.00. The third-order valence-electron chi connectivity index (χ3n) is 11.8. The lowest BCUT2D eigenvalue weighted by Gasteiger charge is -2.46. The number of rotatable bonds is 12. The fraction of sp³-hybridized carbons (Fsp3) is 0.700. The van der Waals surface area contributed by atoms with Crippen LogP contribution in [0.4, 0.5) is 0 Å².